The molecular weight excluding hydrogens is 210 g/mol. The third-order valence-corrected chi connectivity index (χ3v) is 2.07. The first-order valence-electron chi connectivity index (χ1n) is 4.53. The number of nitrogens with zero attached hydrogens (tertiary/aromatic N) is 2. The smallest absolute Gasteiger partial charge is 0.141 e. The lowest BCUT2D eigenvalue weighted by Crippen LogP contribution is -1.91. The highest BCUT2D eigenvalue weighted by Crippen LogP contribution is 2.21. The molecule has 0 N–H and O–H groups in total. The van der Waals surface area contributed by atoms with Crippen molar-refractivity contribution in [2.24, 2.45) is 0 Å². The SMILES string of the molecule is N#Cc1cccc(-c2ccc(F)cc2F)n1. The standard InChI is InChI=1S/C12H6F2N2/c13-8-4-5-10(11(14)6-8)12-3-1-2-9(7-15)16-12/h1-6H. The summed E-state index contributed by atoms with van der Waals surface area (Å²) in [6, 6.07) is 9.79. The number of aromatic nitrogens is 1. The van der Waals surface area contributed by atoms with Gasteiger partial charge in [0.1, 0.15) is 23.4 Å². The fraction of sp³-hybridized carbons (Fsp3) is 0. The van der Waals surface area contributed by atoms with E-state index in [9.17, 15) is 8.78 Å². The lowest BCUT2D eigenvalue weighted by molar-refractivity contribution is 0.585. The number of pyridine rings is 1. The number of benzene rings is 1. The van der Waals surface area contributed by atoms with Crippen LogP contribution in [0.5, 0.6) is 0 Å². The molecule has 4 heteroatoms. The number of hydrogen-bond donors (Lipinski definition) is 0. The van der Waals surface area contributed by atoms with Crippen LogP contribution >= 0.6 is 0 Å². The fourth-order valence-electron chi connectivity index (χ4n) is 1.34. The van der Waals surface area contributed by atoms with Gasteiger partial charge in [-0.25, -0.2) is 13.8 Å². The van der Waals surface area contributed by atoms with Gasteiger partial charge in [0.2, 0.25) is 0 Å². The summed E-state index contributed by atoms with van der Waals surface area (Å²) < 4.78 is 26.1. The molecule has 1 aromatic heterocycles. The quantitative estimate of drug-likeness (QED) is 0.734. The van der Waals surface area contributed by atoms with E-state index in [1.165, 1.54) is 12.1 Å². The van der Waals surface area contributed by atoms with Crippen molar-refractivity contribution in [3.05, 3.63) is 53.7 Å². The van der Waals surface area contributed by atoms with E-state index in [1.807, 2.05) is 6.07 Å². The summed E-state index contributed by atoms with van der Waals surface area (Å²) in [6.07, 6.45) is 0. The molecule has 0 bridgehead atoms. The van der Waals surface area contributed by atoms with Gasteiger partial charge in [0.05, 0.1) is 5.69 Å². The minimum atomic E-state index is -0.692. The zero-order valence-electron chi connectivity index (χ0n) is 8.11. The highest BCUT2D eigenvalue weighted by atomic mass is 19.1. The first-order valence-corrected chi connectivity index (χ1v) is 4.53. The van der Waals surface area contributed by atoms with Gasteiger partial charge >= 0.3 is 0 Å². The van der Waals surface area contributed by atoms with Crippen LogP contribution in [0, 0.1) is 23.0 Å². The van der Waals surface area contributed by atoms with Gasteiger partial charge in [-0.2, -0.15) is 5.26 Å². The lowest BCUT2D eigenvalue weighted by atomic mass is 10.1. The monoisotopic (exact) mass is 216 g/mol. The van der Waals surface area contributed by atoms with E-state index < -0.39 is 11.6 Å². The first-order chi connectivity index (χ1) is 7.70. The van der Waals surface area contributed by atoms with E-state index in [0.29, 0.717) is 5.69 Å². The summed E-state index contributed by atoms with van der Waals surface area (Å²) in [5.41, 5.74) is 0.691. The van der Waals surface area contributed by atoms with Crippen molar-refractivity contribution in [2.45, 2.75) is 0 Å². The normalized spacial score (nSPS) is 9.81. The molecular formula is C12H6F2N2. The van der Waals surface area contributed by atoms with Crippen LogP contribution in [-0.2, 0) is 0 Å². The van der Waals surface area contributed by atoms with E-state index in [-0.39, 0.29) is 11.3 Å². The summed E-state index contributed by atoms with van der Waals surface area (Å²) in [4.78, 5) is 3.93. The van der Waals surface area contributed by atoms with Crippen LogP contribution in [-0.4, -0.2) is 4.98 Å². The molecule has 1 heterocycles. The van der Waals surface area contributed by atoms with Crippen LogP contribution in [0.1, 0.15) is 5.69 Å². The summed E-state index contributed by atoms with van der Waals surface area (Å²) in [5.74, 6) is -1.33. The molecule has 0 spiro atoms. The van der Waals surface area contributed by atoms with Crippen LogP contribution in [0.25, 0.3) is 11.3 Å². The highest BCUT2D eigenvalue weighted by molar-refractivity contribution is 5.60. The van der Waals surface area contributed by atoms with Crippen LogP contribution in [0.4, 0.5) is 8.78 Å². The van der Waals surface area contributed by atoms with Gasteiger partial charge in [-0.15, -0.1) is 0 Å². The van der Waals surface area contributed by atoms with E-state index in [4.69, 9.17) is 5.26 Å². The molecule has 0 unspecified atom stereocenters. The Labute approximate surface area is 90.8 Å². The Balaban J connectivity index is 2.55. The predicted molar refractivity (Wildman–Crippen MR) is 54.3 cm³/mol. The Morgan fingerprint density at radius 1 is 1.12 bits per heavy atom. The maximum Gasteiger partial charge on any atom is 0.141 e. The molecule has 0 aliphatic rings. The summed E-state index contributed by atoms with van der Waals surface area (Å²) in [7, 11) is 0. The molecule has 16 heavy (non-hydrogen) atoms. The Kier molecular flexibility index (Phi) is 2.61. The molecule has 0 amide bonds. The molecule has 0 saturated heterocycles. The molecule has 0 saturated carbocycles. The zero-order chi connectivity index (χ0) is 11.5. The average Bonchev–Trinajstić information content (AvgIpc) is 2.29. The van der Waals surface area contributed by atoms with E-state index in [0.717, 1.165) is 12.1 Å². The molecule has 0 radical (unpaired) electrons. The van der Waals surface area contributed by atoms with Crippen molar-refractivity contribution >= 4 is 0 Å². The summed E-state index contributed by atoms with van der Waals surface area (Å²) >= 11 is 0. The summed E-state index contributed by atoms with van der Waals surface area (Å²) in [6.45, 7) is 0. The van der Waals surface area contributed by atoms with Gasteiger partial charge < -0.3 is 0 Å². The minimum absolute atomic E-state index is 0.179. The number of rotatable bonds is 1. The van der Waals surface area contributed by atoms with Crippen molar-refractivity contribution in [1.29, 1.82) is 5.26 Å². The van der Waals surface area contributed by atoms with Gasteiger partial charge in [-0.3, -0.25) is 0 Å². The molecule has 0 aliphatic heterocycles. The second-order valence-electron chi connectivity index (χ2n) is 3.14. The van der Waals surface area contributed by atoms with Gasteiger partial charge in [-0.05, 0) is 24.3 Å². The van der Waals surface area contributed by atoms with Crippen molar-refractivity contribution in [3.8, 4) is 17.3 Å². The Bertz CT molecular complexity index is 573. The van der Waals surface area contributed by atoms with Crippen LogP contribution in [0.2, 0.25) is 0 Å². The molecule has 0 atom stereocenters. The van der Waals surface area contributed by atoms with E-state index in [1.54, 1.807) is 12.1 Å². The maximum absolute atomic E-state index is 13.4. The van der Waals surface area contributed by atoms with E-state index in [2.05, 4.69) is 4.98 Å². The number of halogens is 2. The largest absolute Gasteiger partial charge is 0.237 e. The zero-order valence-corrected chi connectivity index (χ0v) is 8.11. The minimum Gasteiger partial charge on any atom is -0.237 e. The second kappa shape index (κ2) is 4.07. The fourth-order valence-corrected chi connectivity index (χ4v) is 1.34. The molecule has 2 nitrogen and oxygen atoms in total. The molecule has 0 fully saturated rings. The number of hydrogen-bond acceptors (Lipinski definition) is 2. The van der Waals surface area contributed by atoms with Crippen LogP contribution in [0.3, 0.4) is 0 Å². The Morgan fingerprint density at radius 2 is 1.94 bits per heavy atom. The van der Waals surface area contributed by atoms with Crippen molar-refractivity contribution in [2.75, 3.05) is 0 Å². The molecule has 2 aromatic rings. The van der Waals surface area contributed by atoms with Gasteiger partial charge in [0.25, 0.3) is 0 Å². The van der Waals surface area contributed by atoms with Crippen molar-refractivity contribution in [1.82, 2.24) is 4.98 Å². The lowest BCUT2D eigenvalue weighted by Gasteiger charge is -2.02. The third kappa shape index (κ3) is 1.89. The van der Waals surface area contributed by atoms with Crippen LogP contribution in [0.15, 0.2) is 36.4 Å². The van der Waals surface area contributed by atoms with Gasteiger partial charge in [0.15, 0.2) is 0 Å². The summed E-state index contributed by atoms with van der Waals surface area (Å²) in [5, 5.41) is 8.66. The number of nitriles is 1. The first kappa shape index (κ1) is 10.2. The predicted octanol–water partition coefficient (Wildman–Crippen LogP) is 2.90. The van der Waals surface area contributed by atoms with Gasteiger partial charge in [0, 0.05) is 11.6 Å². The molecule has 2 rings (SSSR count). The molecule has 0 aliphatic carbocycles. The molecule has 1 aromatic carbocycles. The van der Waals surface area contributed by atoms with Gasteiger partial charge in [-0.1, -0.05) is 6.07 Å². The molecule has 78 valence electrons. The van der Waals surface area contributed by atoms with Crippen LogP contribution < -0.4 is 0 Å². The second-order valence-corrected chi connectivity index (χ2v) is 3.14. The topological polar surface area (TPSA) is 36.7 Å². The third-order valence-electron chi connectivity index (χ3n) is 2.07. The Hall–Kier alpha value is -2.28. The average molecular weight is 216 g/mol. The highest BCUT2D eigenvalue weighted by Gasteiger charge is 2.07. The Morgan fingerprint density at radius 3 is 2.62 bits per heavy atom. The maximum atomic E-state index is 13.4. The van der Waals surface area contributed by atoms with Crippen molar-refractivity contribution in [3.63, 3.8) is 0 Å². The van der Waals surface area contributed by atoms with Crippen molar-refractivity contribution < 1.29 is 8.78 Å². The van der Waals surface area contributed by atoms with E-state index >= 15 is 0 Å².